The summed E-state index contributed by atoms with van der Waals surface area (Å²) in [5.41, 5.74) is 2.98. The van der Waals surface area contributed by atoms with Crippen molar-refractivity contribution in [3.8, 4) is 5.69 Å². The number of amides is 1. The number of carbonyl (C=O) groups excluding carboxylic acids is 1. The van der Waals surface area contributed by atoms with Crippen LogP contribution in [0.1, 0.15) is 23.5 Å². The summed E-state index contributed by atoms with van der Waals surface area (Å²) in [7, 11) is 1.88. The molecule has 1 atom stereocenters. The largest absolute Gasteiger partial charge is 0.310 e. The van der Waals surface area contributed by atoms with Crippen LogP contribution in [-0.4, -0.2) is 25.5 Å². The predicted octanol–water partition coefficient (Wildman–Crippen LogP) is 2.08. The van der Waals surface area contributed by atoms with E-state index < -0.39 is 0 Å². The Morgan fingerprint density at radius 3 is 2.73 bits per heavy atom. The van der Waals surface area contributed by atoms with Crippen LogP contribution in [0.25, 0.3) is 5.69 Å². The Bertz CT molecular complexity index is 833. The summed E-state index contributed by atoms with van der Waals surface area (Å²) in [5, 5.41) is 11.6. The smallest absolute Gasteiger partial charge is 0.226 e. The number of rotatable bonds is 2. The van der Waals surface area contributed by atoms with Crippen molar-refractivity contribution < 1.29 is 4.79 Å². The monoisotopic (exact) mass is 293 g/mol. The number of benzene rings is 1. The molecule has 0 aliphatic carbocycles. The first-order valence-corrected chi connectivity index (χ1v) is 7.14. The summed E-state index contributed by atoms with van der Waals surface area (Å²) in [6.45, 7) is 0. The van der Waals surface area contributed by atoms with E-state index in [-0.39, 0.29) is 11.8 Å². The van der Waals surface area contributed by atoms with Gasteiger partial charge in [0.25, 0.3) is 0 Å². The van der Waals surface area contributed by atoms with Gasteiger partial charge in [0, 0.05) is 31.1 Å². The van der Waals surface area contributed by atoms with E-state index in [1.165, 1.54) is 0 Å². The molecule has 22 heavy (non-hydrogen) atoms. The molecule has 1 amide bonds. The van der Waals surface area contributed by atoms with Crippen LogP contribution in [0.4, 0.5) is 5.82 Å². The minimum atomic E-state index is -0.00471. The highest BCUT2D eigenvalue weighted by Gasteiger charge is 2.30. The maximum absolute atomic E-state index is 12.1. The molecule has 3 aromatic rings. The summed E-state index contributed by atoms with van der Waals surface area (Å²) in [6, 6.07) is 9.79. The summed E-state index contributed by atoms with van der Waals surface area (Å²) in [5.74, 6) is 0.741. The molecule has 1 aromatic carbocycles. The molecule has 0 radical (unpaired) electrons. The van der Waals surface area contributed by atoms with Crippen molar-refractivity contribution in [2.24, 2.45) is 7.05 Å². The lowest BCUT2D eigenvalue weighted by atomic mass is 9.89. The zero-order valence-corrected chi connectivity index (χ0v) is 12.1. The molecule has 0 fully saturated rings. The maximum atomic E-state index is 12.1. The molecule has 6 heteroatoms. The predicted molar refractivity (Wildman–Crippen MR) is 81.9 cm³/mol. The van der Waals surface area contributed by atoms with Crippen molar-refractivity contribution >= 4 is 11.7 Å². The average Bonchev–Trinajstić information content (AvgIpc) is 3.13. The number of carbonyl (C=O) groups is 1. The lowest BCUT2D eigenvalue weighted by Crippen LogP contribution is -2.24. The first kappa shape index (κ1) is 12.8. The zero-order valence-electron chi connectivity index (χ0n) is 12.1. The van der Waals surface area contributed by atoms with Crippen LogP contribution in [0.3, 0.4) is 0 Å². The van der Waals surface area contributed by atoms with Crippen LogP contribution in [0.2, 0.25) is 0 Å². The SMILES string of the molecule is Cn1cc(C2CC(=O)Nc3c2cnn3-c2ccccc2)cn1. The van der Waals surface area contributed by atoms with Crippen LogP contribution in [-0.2, 0) is 11.8 Å². The van der Waals surface area contributed by atoms with Gasteiger partial charge in [0.15, 0.2) is 0 Å². The van der Waals surface area contributed by atoms with Crippen LogP contribution in [0.5, 0.6) is 0 Å². The molecular weight excluding hydrogens is 278 g/mol. The Morgan fingerprint density at radius 2 is 2.00 bits per heavy atom. The maximum Gasteiger partial charge on any atom is 0.226 e. The third kappa shape index (κ3) is 2.00. The second-order valence-electron chi connectivity index (χ2n) is 5.45. The number of aromatic nitrogens is 4. The normalized spacial score (nSPS) is 17.1. The van der Waals surface area contributed by atoms with Gasteiger partial charge in [-0.1, -0.05) is 18.2 Å². The van der Waals surface area contributed by atoms with Crippen molar-refractivity contribution in [2.75, 3.05) is 5.32 Å². The van der Waals surface area contributed by atoms with Crippen LogP contribution >= 0.6 is 0 Å². The number of nitrogens with one attached hydrogen (secondary N) is 1. The third-order valence-electron chi connectivity index (χ3n) is 3.95. The quantitative estimate of drug-likeness (QED) is 0.786. The lowest BCUT2D eigenvalue weighted by molar-refractivity contribution is -0.116. The van der Waals surface area contributed by atoms with E-state index in [1.807, 2.05) is 56.0 Å². The summed E-state index contributed by atoms with van der Waals surface area (Å²) in [4.78, 5) is 12.1. The molecule has 1 aliphatic heterocycles. The molecule has 0 spiro atoms. The fraction of sp³-hybridized carbons (Fsp3) is 0.188. The Kier molecular flexibility index (Phi) is 2.82. The van der Waals surface area contributed by atoms with Gasteiger partial charge >= 0.3 is 0 Å². The number of aryl methyl sites for hydroxylation is 1. The molecule has 1 unspecified atom stereocenters. The topological polar surface area (TPSA) is 64.7 Å². The lowest BCUT2D eigenvalue weighted by Gasteiger charge is -2.22. The van der Waals surface area contributed by atoms with Crippen LogP contribution < -0.4 is 5.32 Å². The standard InChI is InChI=1S/C16H15N5O/c1-20-10-11(8-17-20)13-7-15(22)19-16-14(13)9-18-21(16)12-5-3-2-4-6-12/h2-6,8-10,13H,7H2,1H3,(H,19,22). The van der Waals surface area contributed by atoms with Gasteiger partial charge in [-0.15, -0.1) is 0 Å². The Morgan fingerprint density at radius 1 is 1.18 bits per heavy atom. The minimum Gasteiger partial charge on any atom is -0.310 e. The molecule has 110 valence electrons. The summed E-state index contributed by atoms with van der Waals surface area (Å²) < 4.78 is 3.53. The highest BCUT2D eigenvalue weighted by Crippen LogP contribution is 2.37. The number of hydrogen-bond donors (Lipinski definition) is 1. The highest BCUT2D eigenvalue weighted by atomic mass is 16.1. The fourth-order valence-corrected chi connectivity index (χ4v) is 2.90. The Labute approximate surface area is 127 Å². The number of para-hydroxylation sites is 1. The number of fused-ring (bicyclic) bond motifs is 1. The average molecular weight is 293 g/mol. The molecular formula is C16H15N5O. The van der Waals surface area contributed by atoms with E-state index in [2.05, 4.69) is 15.5 Å². The van der Waals surface area contributed by atoms with Crippen molar-refractivity contribution in [3.63, 3.8) is 0 Å². The second kappa shape index (κ2) is 4.84. The van der Waals surface area contributed by atoms with E-state index in [4.69, 9.17) is 0 Å². The molecule has 0 saturated heterocycles. The Hall–Kier alpha value is -2.89. The van der Waals surface area contributed by atoms with Crippen molar-refractivity contribution in [3.05, 3.63) is 60.0 Å². The van der Waals surface area contributed by atoms with Gasteiger partial charge in [0.05, 0.1) is 18.1 Å². The van der Waals surface area contributed by atoms with Gasteiger partial charge in [-0.05, 0) is 17.7 Å². The second-order valence-corrected chi connectivity index (χ2v) is 5.45. The van der Waals surface area contributed by atoms with E-state index in [9.17, 15) is 4.79 Å². The molecule has 6 nitrogen and oxygen atoms in total. The first-order valence-electron chi connectivity index (χ1n) is 7.14. The van der Waals surface area contributed by atoms with Gasteiger partial charge in [-0.3, -0.25) is 9.48 Å². The summed E-state index contributed by atoms with van der Waals surface area (Å²) >= 11 is 0. The van der Waals surface area contributed by atoms with Crippen molar-refractivity contribution in [1.29, 1.82) is 0 Å². The number of nitrogens with zero attached hydrogens (tertiary/aromatic N) is 4. The minimum absolute atomic E-state index is 0.000894. The van der Waals surface area contributed by atoms with Crippen LogP contribution in [0.15, 0.2) is 48.9 Å². The van der Waals surface area contributed by atoms with Gasteiger partial charge in [0.1, 0.15) is 5.82 Å². The molecule has 3 heterocycles. The van der Waals surface area contributed by atoms with Crippen LogP contribution in [0, 0.1) is 0 Å². The van der Waals surface area contributed by atoms with Gasteiger partial charge in [0.2, 0.25) is 5.91 Å². The molecule has 0 saturated carbocycles. The molecule has 2 aromatic heterocycles. The van der Waals surface area contributed by atoms with E-state index in [0.717, 1.165) is 22.6 Å². The molecule has 1 N–H and O–H groups in total. The first-order chi connectivity index (χ1) is 10.7. The number of hydrogen-bond acceptors (Lipinski definition) is 3. The van der Waals surface area contributed by atoms with E-state index >= 15 is 0 Å². The fourth-order valence-electron chi connectivity index (χ4n) is 2.90. The highest BCUT2D eigenvalue weighted by molar-refractivity contribution is 5.94. The van der Waals surface area contributed by atoms with E-state index in [0.29, 0.717) is 6.42 Å². The van der Waals surface area contributed by atoms with Gasteiger partial charge < -0.3 is 5.32 Å². The molecule has 0 bridgehead atoms. The zero-order chi connectivity index (χ0) is 15.1. The van der Waals surface area contributed by atoms with Crippen molar-refractivity contribution in [1.82, 2.24) is 19.6 Å². The third-order valence-corrected chi connectivity index (χ3v) is 3.95. The summed E-state index contributed by atoms with van der Waals surface area (Å²) in [6.07, 6.45) is 6.01. The number of anilines is 1. The van der Waals surface area contributed by atoms with Gasteiger partial charge in [-0.25, -0.2) is 4.68 Å². The molecule has 4 rings (SSSR count). The van der Waals surface area contributed by atoms with Crippen molar-refractivity contribution in [2.45, 2.75) is 12.3 Å². The van der Waals surface area contributed by atoms with E-state index in [1.54, 1.807) is 9.36 Å². The molecule has 1 aliphatic rings. The Balaban J connectivity index is 1.83. The van der Waals surface area contributed by atoms with Gasteiger partial charge in [-0.2, -0.15) is 10.2 Å².